The van der Waals surface area contributed by atoms with Gasteiger partial charge >= 0.3 is 0 Å². The molecule has 1 N–H and O–H groups in total. The highest BCUT2D eigenvalue weighted by Gasteiger charge is 2.26. The number of ether oxygens (including phenoxy) is 2. The van der Waals surface area contributed by atoms with Gasteiger partial charge in [-0.15, -0.1) is 0 Å². The summed E-state index contributed by atoms with van der Waals surface area (Å²) in [5.74, 6) is 1.00. The van der Waals surface area contributed by atoms with Crippen LogP contribution >= 0.6 is 11.6 Å². The van der Waals surface area contributed by atoms with Crippen LogP contribution < -0.4 is 19.7 Å². The molecule has 0 radical (unpaired) electrons. The first-order valence-electron chi connectivity index (χ1n) is 10.3. The molecule has 7 heteroatoms. The van der Waals surface area contributed by atoms with Crippen LogP contribution in [0, 0.1) is 6.92 Å². The third-order valence-electron chi connectivity index (χ3n) is 5.16. The lowest BCUT2D eigenvalue weighted by Gasteiger charge is -2.30. The molecule has 4 rings (SSSR count). The molecule has 6 nitrogen and oxygen atoms in total. The number of halogens is 1. The Hall–Kier alpha value is -3.51. The molecule has 164 valence electrons. The number of hydrogen-bond acceptors (Lipinski definition) is 4. The van der Waals surface area contributed by atoms with Crippen molar-refractivity contribution in [1.82, 2.24) is 0 Å². The molecule has 1 heterocycles. The maximum Gasteiger partial charge on any atom is 0.265 e. The van der Waals surface area contributed by atoms with Crippen LogP contribution in [0.4, 0.5) is 11.4 Å². The molecule has 0 spiro atoms. The second-order valence-corrected chi connectivity index (χ2v) is 7.88. The van der Waals surface area contributed by atoms with Gasteiger partial charge in [0.2, 0.25) is 0 Å². The Kier molecular flexibility index (Phi) is 6.61. The van der Waals surface area contributed by atoms with E-state index in [-0.39, 0.29) is 18.4 Å². The number of carbonyl (C=O) groups is 2. The fourth-order valence-electron chi connectivity index (χ4n) is 3.49. The standard InChI is InChI=1S/C25H23ClN2O4/c1-17-5-2-3-6-21(17)25(30)27-19-9-12-23-22(15-19)28(24(29)16-32-23)13-4-14-31-20-10-7-18(26)8-11-20/h2-3,5-12,15H,4,13-14,16H2,1H3,(H,27,30). The zero-order chi connectivity index (χ0) is 22.5. The molecule has 3 aromatic rings. The van der Waals surface area contributed by atoms with Gasteiger partial charge < -0.3 is 19.7 Å². The molecule has 0 saturated heterocycles. The Morgan fingerprint density at radius 2 is 1.91 bits per heavy atom. The van der Waals surface area contributed by atoms with Crippen molar-refractivity contribution in [3.63, 3.8) is 0 Å². The molecule has 0 saturated carbocycles. The van der Waals surface area contributed by atoms with E-state index >= 15 is 0 Å². The zero-order valence-electron chi connectivity index (χ0n) is 17.6. The summed E-state index contributed by atoms with van der Waals surface area (Å²) in [5.41, 5.74) is 2.73. The molecule has 0 unspecified atom stereocenters. The summed E-state index contributed by atoms with van der Waals surface area (Å²) in [6, 6.07) is 19.8. The monoisotopic (exact) mass is 450 g/mol. The molecular formula is C25H23ClN2O4. The molecule has 0 fully saturated rings. The second-order valence-electron chi connectivity index (χ2n) is 7.44. The van der Waals surface area contributed by atoms with E-state index in [0.717, 1.165) is 11.3 Å². The van der Waals surface area contributed by atoms with E-state index in [2.05, 4.69) is 5.32 Å². The molecule has 32 heavy (non-hydrogen) atoms. The normalized spacial score (nSPS) is 12.7. The minimum Gasteiger partial charge on any atom is -0.494 e. The second kappa shape index (κ2) is 9.75. The largest absolute Gasteiger partial charge is 0.494 e. The Morgan fingerprint density at radius 1 is 1.12 bits per heavy atom. The van der Waals surface area contributed by atoms with Crippen molar-refractivity contribution in [2.75, 3.05) is 30.0 Å². The topological polar surface area (TPSA) is 67.9 Å². The van der Waals surface area contributed by atoms with E-state index in [1.165, 1.54) is 0 Å². The smallest absolute Gasteiger partial charge is 0.265 e. The molecule has 3 aromatic carbocycles. The number of hydrogen-bond donors (Lipinski definition) is 1. The van der Waals surface area contributed by atoms with Gasteiger partial charge in [-0.25, -0.2) is 0 Å². The number of benzene rings is 3. The number of amides is 2. The Bertz CT molecular complexity index is 1130. The lowest BCUT2D eigenvalue weighted by atomic mass is 10.1. The average Bonchev–Trinajstić information content (AvgIpc) is 2.79. The van der Waals surface area contributed by atoms with Crippen LogP contribution in [0.3, 0.4) is 0 Å². The van der Waals surface area contributed by atoms with E-state index in [1.54, 1.807) is 53.4 Å². The summed E-state index contributed by atoms with van der Waals surface area (Å²) in [4.78, 5) is 26.9. The Balaban J connectivity index is 1.43. The van der Waals surface area contributed by atoms with Crippen molar-refractivity contribution in [2.24, 2.45) is 0 Å². The van der Waals surface area contributed by atoms with E-state index < -0.39 is 0 Å². The van der Waals surface area contributed by atoms with Crippen molar-refractivity contribution >= 4 is 34.8 Å². The van der Waals surface area contributed by atoms with Gasteiger partial charge in [-0.2, -0.15) is 0 Å². The maximum absolute atomic E-state index is 12.7. The predicted octanol–water partition coefficient (Wildman–Crippen LogP) is 5.10. The van der Waals surface area contributed by atoms with Gasteiger partial charge in [-0.1, -0.05) is 29.8 Å². The quantitative estimate of drug-likeness (QED) is 0.509. The Morgan fingerprint density at radius 3 is 2.69 bits per heavy atom. The molecule has 0 atom stereocenters. The first-order valence-corrected chi connectivity index (χ1v) is 10.7. The van der Waals surface area contributed by atoms with E-state index in [9.17, 15) is 9.59 Å². The summed E-state index contributed by atoms with van der Waals surface area (Å²) in [6.45, 7) is 2.80. The number of nitrogens with one attached hydrogen (secondary N) is 1. The highest BCUT2D eigenvalue weighted by molar-refractivity contribution is 6.30. The highest BCUT2D eigenvalue weighted by atomic mass is 35.5. The minimum atomic E-state index is -0.200. The zero-order valence-corrected chi connectivity index (χ0v) is 18.4. The van der Waals surface area contributed by atoms with Crippen LogP contribution in [-0.2, 0) is 4.79 Å². The van der Waals surface area contributed by atoms with E-state index in [1.807, 2.05) is 25.1 Å². The molecule has 1 aliphatic heterocycles. The van der Waals surface area contributed by atoms with Gasteiger partial charge in [-0.05, 0) is 67.4 Å². The molecule has 0 aliphatic carbocycles. The van der Waals surface area contributed by atoms with Crippen LogP contribution in [0.15, 0.2) is 66.7 Å². The van der Waals surface area contributed by atoms with Gasteiger partial charge in [0, 0.05) is 22.8 Å². The summed E-state index contributed by atoms with van der Waals surface area (Å²) >= 11 is 5.89. The van der Waals surface area contributed by atoms with Crippen molar-refractivity contribution in [3.8, 4) is 11.5 Å². The van der Waals surface area contributed by atoms with Crippen molar-refractivity contribution in [1.29, 1.82) is 0 Å². The van der Waals surface area contributed by atoms with Crippen LogP contribution in [0.2, 0.25) is 5.02 Å². The van der Waals surface area contributed by atoms with Gasteiger partial charge in [0.1, 0.15) is 11.5 Å². The fourth-order valence-corrected chi connectivity index (χ4v) is 3.62. The third kappa shape index (κ3) is 5.03. The molecule has 0 aromatic heterocycles. The number of fused-ring (bicyclic) bond motifs is 1. The number of aryl methyl sites for hydroxylation is 1. The highest BCUT2D eigenvalue weighted by Crippen LogP contribution is 2.35. The van der Waals surface area contributed by atoms with Crippen molar-refractivity contribution in [3.05, 3.63) is 82.9 Å². The van der Waals surface area contributed by atoms with Crippen LogP contribution in [0.1, 0.15) is 22.3 Å². The SMILES string of the molecule is Cc1ccccc1C(=O)Nc1ccc2c(c1)N(CCCOc1ccc(Cl)cc1)C(=O)CO2. The lowest BCUT2D eigenvalue weighted by Crippen LogP contribution is -2.39. The van der Waals surface area contributed by atoms with E-state index in [0.29, 0.717) is 47.3 Å². The summed E-state index contributed by atoms with van der Waals surface area (Å²) in [5, 5.41) is 3.56. The number of anilines is 2. The number of nitrogens with zero attached hydrogens (tertiary/aromatic N) is 1. The van der Waals surface area contributed by atoms with Gasteiger partial charge in [0.25, 0.3) is 11.8 Å². The van der Waals surface area contributed by atoms with Gasteiger partial charge in [0.15, 0.2) is 6.61 Å². The van der Waals surface area contributed by atoms with Crippen molar-refractivity contribution in [2.45, 2.75) is 13.3 Å². The Labute approximate surface area is 191 Å². The van der Waals surface area contributed by atoms with Crippen LogP contribution in [0.25, 0.3) is 0 Å². The predicted molar refractivity (Wildman–Crippen MR) is 125 cm³/mol. The summed E-state index contributed by atoms with van der Waals surface area (Å²) in [7, 11) is 0. The minimum absolute atomic E-state index is 0.0139. The average molecular weight is 451 g/mol. The summed E-state index contributed by atoms with van der Waals surface area (Å²) in [6.07, 6.45) is 0.633. The maximum atomic E-state index is 12.7. The lowest BCUT2D eigenvalue weighted by molar-refractivity contribution is -0.121. The van der Waals surface area contributed by atoms with Crippen LogP contribution in [0.5, 0.6) is 11.5 Å². The molecule has 2 amide bonds. The number of carbonyl (C=O) groups excluding carboxylic acids is 2. The summed E-state index contributed by atoms with van der Waals surface area (Å²) < 4.78 is 11.3. The van der Waals surface area contributed by atoms with E-state index in [4.69, 9.17) is 21.1 Å². The van der Waals surface area contributed by atoms with Gasteiger partial charge in [0.05, 0.1) is 12.3 Å². The van der Waals surface area contributed by atoms with Crippen LogP contribution in [-0.4, -0.2) is 31.6 Å². The van der Waals surface area contributed by atoms with Gasteiger partial charge in [-0.3, -0.25) is 9.59 Å². The fraction of sp³-hybridized carbons (Fsp3) is 0.200. The third-order valence-corrected chi connectivity index (χ3v) is 5.41. The first-order chi connectivity index (χ1) is 15.5. The first kappa shape index (κ1) is 21.7. The molecule has 1 aliphatic rings. The number of rotatable bonds is 7. The molecular weight excluding hydrogens is 428 g/mol. The molecule has 0 bridgehead atoms. The van der Waals surface area contributed by atoms with Crippen molar-refractivity contribution < 1.29 is 19.1 Å².